The third kappa shape index (κ3) is 3.33. The Hall–Kier alpha value is -1.07. The summed E-state index contributed by atoms with van der Waals surface area (Å²) < 4.78 is 0.687. The van der Waals surface area contributed by atoms with Gasteiger partial charge in [-0.15, -0.1) is 0 Å². The lowest BCUT2D eigenvalue weighted by Gasteiger charge is -2.15. The number of carboxylic acids is 1. The molecule has 2 rings (SSSR count). The van der Waals surface area contributed by atoms with Crippen LogP contribution in [0.25, 0.3) is 0 Å². The molecular weight excluding hydrogens is 346 g/mol. The van der Waals surface area contributed by atoms with Crippen LogP contribution >= 0.6 is 27.5 Å². The summed E-state index contributed by atoms with van der Waals surface area (Å²) in [7, 11) is 0. The van der Waals surface area contributed by atoms with Gasteiger partial charge in [0.05, 0.1) is 16.9 Å². The quantitative estimate of drug-likeness (QED) is 0.862. The average molecular weight is 361 g/mol. The second-order valence-corrected chi connectivity index (χ2v) is 6.51. The highest BCUT2D eigenvalue weighted by Crippen LogP contribution is 2.37. The number of nitrogens with one attached hydrogen (secondary N) is 1. The molecule has 1 aliphatic rings. The van der Waals surface area contributed by atoms with Crippen molar-refractivity contribution >= 4 is 45.1 Å². The maximum Gasteiger partial charge on any atom is 0.307 e. The van der Waals surface area contributed by atoms with Crippen molar-refractivity contribution in [1.82, 2.24) is 0 Å². The number of carbonyl (C=O) groups is 2. The lowest BCUT2D eigenvalue weighted by molar-refractivity contribution is -0.145. The summed E-state index contributed by atoms with van der Waals surface area (Å²) in [5.41, 5.74) is 0.606. The van der Waals surface area contributed by atoms with E-state index < -0.39 is 17.8 Å². The van der Waals surface area contributed by atoms with E-state index in [4.69, 9.17) is 11.6 Å². The molecule has 20 heavy (non-hydrogen) atoms. The highest BCUT2D eigenvalue weighted by Gasteiger charge is 2.41. The lowest BCUT2D eigenvalue weighted by Crippen LogP contribution is -2.29. The van der Waals surface area contributed by atoms with Crippen molar-refractivity contribution in [1.29, 1.82) is 0 Å². The SMILES string of the molecule is CC1CC(C(=O)O)C(C(=O)Nc2ccc(Cl)c(Br)c2)C1. The monoisotopic (exact) mass is 359 g/mol. The van der Waals surface area contributed by atoms with Gasteiger partial charge < -0.3 is 10.4 Å². The minimum atomic E-state index is -0.896. The van der Waals surface area contributed by atoms with Crippen LogP contribution in [0.15, 0.2) is 22.7 Å². The third-order valence-corrected chi connectivity index (χ3v) is 4.85. The Bertz CT molecular complexity index is 549. The summed E-state index contributed by atoms with van der Waals surface area (Å²) in [5.74, 6) is -1.95. The van der Waals surface area contributed by atoms with Crippen molar-refractivity contribution in [3.05, 3.63) is 27.7 Å². The molecule has 1 saturated carbocycles. The average Bonchev–Trinajstić information content (AvgIpc) is 2.76. The fourth-order valence-electron chi connectivity index (χ4n) is 2.66. The van der Waals surface area contributed by atoms with Gasteiger partial charge in [0.15, 0.2) is 0 Å². The van der Waals surface area contributed by atoms with E-state index in [1.807, 2.05) is 6.92 Å². The number of hydrogen-bond donors (Lipinski definition) is 2. The number of amides is 1. The first-order valence-electron chi connectivity index (χ1n) is 6.37. The van der Waals surface area contributed by atoms with E-state index in [1.54, 1.807) is 18.2 Å². The molecule has 2 N–H and O–H groups in total. The lowest BCUT2D eigenvalue weighted by atomic mass is 9.95. The molecule has 0 radical (unpaired) electrons. The van der Waals surface area contributed by atoms with Gasteiger partial charge >= 0.3 is 5.97 Å². The van der Waals surface area contributed by atoms with E-state index in [2.05, 4.69) is 21.2 Å². The predicted molar refractivity (Wildman–Crippen MR) is 80.8 cm³/mol. The molecule has 108 valence electrons. The maximum atomic E-state index is 12.2. The van der Waals surface area contributed by atoms with Crippen LogP contribution in [0.3, 0.4) is 0 Å². The number of carbonyl (C=O) groups excluding carboxylic acids is 1. The number of rotatable bonds is 3. The van der Waals surface area contributed by atoms with Crippen LogP contribution in [0, 0.1) is 17.8 Å². The van der Waals surface area contributed by atoms with E-state index in [9.17, 15) is 14.7 Å². The molecule has 0 saturated heterocycles. The van der Waals surface area contributed by atoms with E-state index >= 15 is 0 Å². The summed E-state index contributed by atoms with van der Waals surface area (Å²) >= 11 is 9.18. The molecule has 1 amide bonds. The molecule has 3 atom stereocenters. The van der Waals surface area contributed by atoms with Gasteiger partial charge in [0, 0.05) is 10.2 Å². The Morgan fingerprint density at radius 3 is 2.60 bits per heavy atom. The highest BCUT2D eigenvalue weighted by atomic mass is 79.9. The zero-order chi connectivity index (χ0) is 14.9. The van der Waals surface area contributed by atoms with Crippen LogP contribution in [0.5, 0.6) is 0 Å². The zero-order valence-corrected chi connectivity index (χ0v) is 13.2. The fraction of sp³-hybridized carbons (Fsp3) is 0.429. The first-order chi connectivity index (χ1) is 9.38. The summed E-state index contributed by atoms with van der Waals surface area (Å²) in [4.78, 5) is 23.5. The second-order valence-electron chi connectivity index (χ2n) is 5.25. The zero-order valence-electron chi connectivity index (χ0n) is 10.9. The van der Waals surface area contributed by atoms with Gasteiger partial charge in [-0.3, -0.25) is 9.59 Å². The normalized spacial score (nSPS) is 25.4. The molecule has 1 aromatic rings. The van der Waals surface area contributed by atoms with Crippen molar-refractivity contribution in [2.24, 2.45) is 17.8 Å². The van der Waals surface area contributed by atoms with Gasteiger partial charge in [0.2, 0.25) is 5.91 Å². The molecule has 1 aromatic carbocycles. The second kappa shape index (κ2) is 6.14. The molecule has 1 aliphatic carbocycles. The standard InChI is InChI=1S/C14H15BrClNO3/c1-7-4-9(10(5-7)14(19)20)13(18)17-8-2-3-12(16)11(15)6-8/h2-3,6-7,9-10H,4-5H2,1H3,(H,17,18)(H,19,20). The third-order valence-electron chi connectivity index (χ3n) is 3.64. The molecule has 3 unspecified atom stereocenters. The number of hydrogen-bond acceptors (Lipinski definition) is 2. The maximum absolute atomic E-state index is 12.2. The summed E-state index contributed by atoms with van der Waals surface area (Å²) in [6, 6.07) is 5.07. The van der Waals surface area contributed by atoms with Crippen LogP contribution in [-0.2, 0) is 9.59 Å². The molecule has 4 nitrogen and oxygen atoms in total. The summed E-state index contributed by atoms with van der Waals surface area (Å²) in [5, 5.41) is 12.5. The van der Waals surface area contributed by atoms with Gasteiger partial charge in [-0.05, 0) is 52.9 Å². The van der Waals surface area contributed by atoms with Crippen LogP contribution in [0.2, 0.25) is 5.02 Å². The Kier molecular flexibility index (Phi) is 4.70. The van der Waals surface area contributed by atoms with Gasteiger partial charge in [0.1, 0.15) is 0 Å². The minimum Gasteiger partial charge on any atom is -0.481 e. The molecule has 0 aliphatic heterocycles. The first kappa shape index (κ1) is 15.3. The number of anilines is 1. The van der Waals surface area contributed by atoms with E-state index in [-0.39, 0.29) is 11.8 Å². The summed E-state index contributed by atoms with van der Waals surface area (Å²) in [6.45, 7) is 1.97. The Morgan fingerprint density at radius 1 is 1.35 bits per heavy atom. The van der Waals surface area contributed by atoms with Crippen LogP contribution in [0.1, 0.15) is 19.8 Å². The molecule has 0 bridgehead atoms. The van der Waals surface area contributed by atoms with Gasteiger partial charge in [-0.1, -0.05) is 18.5 Å². The molecule has 0 spiro atoms. The van der Waals surface area contributed by atoms with Crippen molar-refractivity contribution in [3.8, 4) is 0 Å². The smallest absolute Gasteiger partial charge is 0.307 e. The predicted octanol–water partition coefficient (Wildman–Crippen LogP) is 3.79. The molecular formula is C14H15BrClNO3. The van der Waals surface area contributed by atoms with Gasteiger partial charge in [0.25, 0.3) is 0 Å². The largest absolute Gasteiger partial charge is 0.481 e. The van der Waals surface area contributed by atoms with Crippen molar-refractivity contribution in [2.45, 2.75) is 19.8 Å². The van der Waals surface area contributed by atoms with Gasteiger partial charge in [-0.25, -0.2) is 0 Å². The van der Waals surface area contributed by atoms with E-state index in [1.165, 1.54) is 0 Å². The minimum absolute atomic E-state index is 0.240. The van der Waals surface area contributed by atoms with Crippen molar-refractivity contribution in [2.75, 3.05) is 5.32 Å². The van der Waals surface area contributed by atoms with E-state index in [0.29, 0.717) is 28.0 Å². The molecule has 0 heterocycles. The Balaban J connectivity index is 2.11. The van der Waals surface area contributed by atoms with Crippen LogP contribution < -0.4 is 5.32 Å². The number of carboxylic acid groups (broad SMARTS) is 1. The Morgan fingerprint density at radius 2 is 2.00 bits per heavy atom. The molecule has 1 fully saturated rings. The van der Waals surface area contributed by atoms with Crippen LogP contribution in [0.4, 0.5) is 5.69 Å². The van der Waals surface area contributed by atoms with Crippen molar-refractivity contribution < 1.29 is 14.7 Å². The number of benzene rings is 1. The summed E-state index contributed by atoms with van der Waals surface area (Å²) in [6.07, 6.45) is 1.16. The van der Waals surface area contributed by atoms with Crippen molar-refractivity contribution in [3.63, 3.8) is 0 Å². The van der Waals surface area contributed by atoms with Gasteiger partial charge in [-0.2, -0.15) is 0 Å². The topological polar surface area (TPSA) is 66.4 Å². The molecule has 6 heteroatoms. The molecule has 0 aromatic heterocycles. The van der Waals surface area contributed by atoms with Crippen LogP contribution in [-0.4, -0.2) is 17.0 Å². The number of halogens is 2. The van der Waals surface area contributed by atoms with E-state index in [0.717, 1.165) is 0 Å². The fourth-order valence-corrected chi connectivity index (χ4v) is 3.16. The first-order valence-corrected chi connectivity index (χ1v) is 7.54. The highest BCUT2D eigenvalue weighted by molar-refractivity contribution is 9.10. The number of aliphatic carboxylic acids is 1. The Labute approximate surface area is 130 Å².